The van der Waals surface area contributed by atoms with E-state index in [1.165, 1.54) is 17.5 Å². The maximum absolute atomic E-state index is 5.99. The first kappa shape index (κ1) is 16.9. The highest BCUT2D eigenvalue weighted by Crippen LogP contribution is 2.29. The third-order valence-corrected chi connectivity index (χ3v) is 5.10. The zero-order valence-corrected chi connectivity index (χ0v) is 15.8. The molecule has 7 heteroatoms. The van der Waals surface area contributed by atoms with Crippen molar-refractivity contribution in [2.75, 3.05) is 4.72 Å². The first-order chi connectivity index (χ1) is 12.6. The molecule has 0 spiro atoms. The molecular weight excluding hydrogens is 366 g/mol. The van der Waals surface area contributed by atoms with Crippen LogP contribution in [0.15, 0.2) is 59.8 Å². The number of rotatable bonds is 4. The van der Waals surface area contributed by atoms with E-state index in [0.29, 0.717) is 10.8 Å². The summed E-state index contributed by atoms with van der Waals surface area (Å²) in [4.78, 5) is 14.6. The molecule has 1 N–H and O–H groups in total. The van der Waals surface area contributed by atoms with Crippen LogP contribution in [0, 0.1) is 6.92 Å². The first-order valence-electron chi connectivity index (χ1n) is 8.05. The van der Waals surface area contributed by atoms with Crippen molar-refractivity contribution in [2.24, 2.45) is 7.05 Å². The minimum Gasteiger partial charge on any atom is -0.312 e. The summed E-state index contributed by atoms with van der Waals surface area (Å²) in [5, 5.41) is 0.698. The van der Waals surface area contributed by atoms with Gasteiger partial charge in [0.1, 0.15) is 12.2 Å². The Hall–Kier alpha value is -2.57. The van der Waals surface area contributed by atoms with Crippen LogP contribution >= 0.6 is 23.5 Å². The highest BCUT2D eigenvalue weighted by atomic mass is 35.5. The molecule has 0 atom stereocenters. The quantitative estimate of drug-likeness (QED) is 0.498. The van der Waals surface area contributed by atoms with Gasteiger partial charge in [-0.3, -0.25) is 0 Å². The summed E-state index contributed by atoms with van der Waals surface area (Å²) in [6.07, 6.45) is 1.55. The van der Waals surface area contributed by atoms with Gasteiger partial charge < -0.3 is 9.29 Å². The summed E-state index contributed by atoms with van der Waals surface area (Å²) in [6.45, 7) is 2.07. The van der Waals surface area contributed by atoms with E-state index in [-0.39, 0.29) is 0 Å². The molecule has 5 nitrogen and oxygen atoms in total. The number of fused-ring (bicyclic) bond motifs is 1. The average Bonchev–Trinajstić information content (AvgIpc) is 2.99. The Bertz CT molecular complexity index is 1060. The van der Waals surface area contributed by atoms with E-state index in [9.17, 15) is 0 Å². The van der Waals surface area contributed by atoms with Gasteiger partial charge in [-0.15, -0.1) is 0 Å². The molecule has 4 aromatic rings. The Labute approximate surface area is 160 Å². The largest absolute Gasteiger partial charge is 0.312 e. The van der Waals surface area contributed by atoms with Gasteiger partial charge in [-0.2, -0.15) is 0 Å². The molecule has 0 unspecified atom stereocenters. The van der Waals surface area contributed by atoms with Crippen LogP contribution < -0.4 is 4.72 Å². The van der Waals surface area contributed by atoms with E-state index in [1.807, 2.05) is 35.9 Å². The second-order valence-corrected chi connectivity index (χ2v) is 7.23. The lowest BCUT2D eigenvalue weighted by molar-refractivity contribution is 0.939. The van der Waals surface area contributed by atoms with Gasteiger partial charge in [-0.25, -0.2) is 15.0 Å². The molecule has 0 fully saturated rings. The van der Waals surface area contributed by atoms with Crippen molar-refractivity contribution in [1.29, 1.82) is 0 Å². The summed E-state index contributed by atoms with van der Waals surface area (Å²) >= 11 is 7.49. The number of benzene rings is 2. The third-order valence-electron chi connectivity index (χ3n) is 4.05. The van der Waals surface area contributed by atoms with Crippen LogP contribution in [0.25, 0.3) is 22.6 Å². The lowest BCUT2D eigenvalue weighted by Crippen LogP contribution is -1.96. The lowest BCUT2D eigenvalue weighted by Gasteiger charge is -2.05. The van der Waals surface area contributed by atoms with Crippen molar-refractivity contribution in [3.8, 4) is 11.4 Å². The Morgan fingerprint density at radius 2 is 1.73 bits per heavy atom. The lowest BCUT2D eigenvalue weighted by atomic mass is 10.2. The highest BCUT2D eigenvalue weighted by Gasteiger charge is 2.15. The van der Waals surface area contributed by atoms with Crippen LogP contribution in [0.4, 0.5) is 5.82 Å². The number of hydrogen-bond donors (Lipinski definition) is 1. The van der Waals surface area contributed by atoms with Crippen LogP contribution in [0.5, 0.6) is 0 Å². The first-order valence-corrected chi connectivity index (χ1v) is 9.24. The van der Waals surface area contributed by atoms with Gasteiger partial charge in [0.2, 0.25) is 0 Å². The predicted molar refractivity (Wildman–Crippen MR) is 107 cm³/mol. The normalized spacial score (nSPS) is 11.0. The molecule has 0 saturated carbocycles. The number of hydrogen-bond acceptors (Lipinski definition) is 5. The number of nitrogens with zero attached hydrogens (tertiary/aromatic N) is 4. The highest BCUT2D eigenvalue weighted by molar-refractivity contribution is 8.00. The van der Waals surface area contributed by atoms with E-state index < -0.39 is 0 Å². The maximum Gasteiger partial charge on any atom is 0.167 e. The van der Waals surface area contributed by atoms with Crippen LogP contribution in [-0.4, -0.2) is 19.5 Å². The fraction of sp³-hybridized carbons (Fsp3) is 0.105. The number of nitrogens with one attached hydrogen (secondary N) is 1. The number of anilines is 1. The van der Waals surface area contributed by atoms with E-state index in [2.05, 4.69) is 45.9 Å². The van der Waals surface area contributed by atoms with Crippen molar-refractivity contribution in [3.05, 3.63) is 65.4 Å². The minimum atomic E-state index is 0.691. The summed E-state index contributed by atoms with van der Waals surface area (Å²) in [5.74, 6) is 1.51. The fourth-order valence-electron chi connectivity index (χ4n) is 2.64. The molecule has 0 aliphatic carbocycles. The van der Waals surface area contributed by atoms with Gasteiger partial charge >= 0.3 is 0 Å². The second kappa shape index (κ2) is 6.97. The standard InChI is InChI=1S/C19H16ClN5S/c1-12-3-9-15(10-4-12)26-24-17-16-19(22-11-21-17)25(2)18(23-16)13-5-7-14(20)8-6-13/h3-11H,1-2H3,(H,21,22,24). The fourth-order valence-corrected chi connectivity index (χ4v) is 3.41. The van der Waals surface area contributed by atoms with Gasteiger partial charge in [-0.05, 0) is 55.3 Å². The summed E-state index contributed by atoms with van der Waals surface area (Å²) in [6, 6.07) is 15.9. The van der Waals surface area contributed by atoms with Crippen molar-refractivity contribution in [3.63, 3.8) is 0 Å². The van der Waals surface area contributed by atoms with Crippen LogP contribution in [-0.2, 0) is 7.05 Å². The number of imidazole rings is 1. The average molecular weight is 382 g/mol. The van der Waals surface area contributed by atoms with Gasteiger partial charge in [0.15, 0.2) is 17.0 Å². The molecular formula is C19H16ClN5S. The van der Waals surface area contributed by atoms with Crippen LogP contribution in [0.2, 0.25) is 5.02 Å². The van der Waals surface area contributed by atoms with E-state index in [4.69, 9.17) is 16.6 Å². The van der Waals surface area contributed by atoms with Crippen LogP contribution in [0.3, 0.4) is 0 Å². The number of aromatic nitrogens is 4. The van der Waals surface area contributed by atoms with Gasteiger partial charge in [-0.1, -0.05) is 29.3 Å². The zero-order chi connectivity index (χ0) is 18.1. The van der Waals surface area contributed by atoms with Crippen molar-refractivity contribution < 1.29 is 0 Å². The molecule has 0 aliphatic rings. The zero-order valence-electron chi connectivity index (χ0n) is 14.3. The molecule has 2 heterocycles. The predicted octanol–water partition coefficient (Wildman–Crippen LogP) is 5.11. The summed E-state index contributed by atoms with van der Waals surface area (Å²) < 4.78 is 5.25. The smallest absolute Gasteiger partial charge is 0.167 e. The maximum atomic E-state index is 5.99. The van der Waals surface area contributed by atoms with Crippen molar-refractivity contribution in [1.82, 2.24) is 19.5 Å². The minimum absolute atomic E-state index is 0.691. The molecule has 0 saturated heterocycles. The van der Waals surface area contributed by atoms with E-state index in [0.717, 1.165) is 27.4 Å². The summed E-state index contributed by atoms with van der Waals surface area (Å²) in [5.41, 5.74) is 3.72. The Morgan fingerprint density at radius 1 is 1.00 bits per heavy atom. The number of aryl methyl sites for hydroxylation is 2. The molecule has 0 amide bonds. The van der Waals surface area contributed by atoms with E-state index in [1.54, 1.807) is 6.33 Å². The van der Waals surface area contributed by atoms with Crippen molar-refractivity contribution in [2.45, 2.75) is 11.8 Å². The monoisotopic (exact) mass is 381 g/mol. The molecule has 2 aromatic heterocycles. The molecule has 26 heavy (non-hydrogen) atoms. The Balaban J connectivity index is 1.68. The summed E-state index contributed by atoms with van der Waals surface area (Å²) in [7, 11) is 1.95. The van der Waals surface area contributed by atoms with Gasteiger partial charge in [0.25, 0.3) is 0 Å². The SMILES string of the molecule is Cc1ccc(SNc2ncnc3c2nc(-c2ccc(Cl)cc2)n3C)cc1. The molecule has 4 rings (SSSR count). The number of halogens is 1. The van der Waals surface area contributed by atoms with Crippen LogP contribution in [0.1, 0.15) is 5.56 Å². The van der Waals surface area contributed by atoms with Crippen molar-refractivity contribution >= 4 is 40.5 Å². The van der Waals surface area contributed by atoms with Gasteiger partial charge in [0, 0.05) is 22.5 Å². The molecule has 0 aliphatic heterocycles. The second-order valence-electron chi connectivity index (χ2n) is 5.91. The van der Waals surface area contributed by atoms with E-state index >= 15 is 0 Å². The molecule has 2 aromatic carbocycles. The third kappa shape index (κ3) is 3.25. The van der Waals surface area contributed by atoms with Gasteiger partial charge in [0.05, 0.1) is 0 Å². The molecule has 130 valence electrons. The molecule has 0 bridgehead atoms. The topological polar surface area (TPSA) is 55.6 Å². The Kier molecular flexibility index (Phi) is 4.53. The molecule has 0 radical (unpaired) electrons. The Morgan fingerprint density at radius 3 is 2.46 bits per heavy atom.